The summed E-state index contributed by atoms with van der Waals surface area (Å²) in [6, 6.07) is 9.62. The first-order valence-corrected chi connectivity index (χ1v) is 5.76. The average Bonchev–Trinajstić information content (AvgIpc) is 2.83. The highest BCUT2D eigenvalue weighted by molar-refractivity contribution is 5.81. The number of rotatable bonds is 4. The van der Waals surface area contributed by atoms with Gasteiger partial charge in [0, 0.05) is 6.42 Å². The molecule has 2 aromatic rings. The summed E-state index contributed by atoms with van der Waals surface area (Å²) in [5, 5.41) is 17.7. The number of ketones is 1. The zero-order valence-corrected chi connectivity index (χ0v) is 10.4. The van der Waals surface area contributed by atoms with Crippen molar-refractivity contribution < 1.29 is 9.18 Å². The number of nitriles is 2. The van der Waals surface area contributed by atoms with Crippen LogP contribution in [0.15, 0.2) is 30.6 Å². The van der Waals surface area contributed by atoms with E-state index in [-0.39, 0.29) is 30.1 Å². The molecule has 0 aliphatic carbocycles. The van der Waals surface area contributed by atoms with Gasteiger partial charge in [0.05, 0.1) is 12.9 Å². The summed E-state index contributed by atoms with van der Waals surface area (Å²) in [7, 11) is 0. The second-order valence-corrected chi connectivity index (χ2v) is 4.10. The molecule has 0 spiro atoms. The number of aromatic nitrogens is 2. The van der Waals surface area contributed by atoms with E-state index in [9.17, 15) is 9.18 Å². The number of benzene rings is 1. The van der Waals surface area contributed by atoms with Crippen molar-refractivity contribution in [3.05, 3.63) is 53.4 Å². The van der Waals surface area contributed by atoms with Gasteiger partial charge in [0.15, 0.2) is 17.2 Å². The third-order valence-corrected chi connectivity index (χ3v) is 2.74. The van der Waals surface area contributed by atoms with Crippen molar-refractivity contribution >= 4 is 5.78 Å². The molecule has 5 nitrogen and oxygen atoms in total. The summed E-state index contributed by atoms with van der Waals surface area (Å²) in [6.45, 7) is -0.119. The van der Waals surface area contributed by atoms with Gasteiger partial charge in [0.2, 0.25) is 0 Å². The minimum atomic E-state index is -0.440. The van der Waals surface area contributed by atoms with Gasteiger partial charge in [-0.15, -0.1) is 0 Å². The van der Waals surface area contributed by atoms with Crippen LogP contribution in [0, 0.1) is 28.5 Å². The van der Waals surface area contributed by atoms with Gasteiger partial charge < -0.3 is 4.57 Å². The molecular formula is C14H9FN4O. The van der Waals surface area contributed by atoms with E-state index in [1.807, 2.05) is 6.07 Å². The van der Waals surface area contributed by atoms with E-state index < -0.39 is 5.82 Å². The Kier molecular flexibility index (Phi) is 3.88. The van der Waals surface area contributed by atoms with Crippen LogP contribution in [0.5, 0.6) is 0 Å². The zero-order chi connectivity index (χ0) is 14.5. The van der Waals surface area contributed by atoms with Crippen LogP contribution in [0.2, 0.25) is 0 Å². The van der Waals surface area contributed by atoms with Crippen molar-refractivity contribution in [3.63, 3.8) is 0 Å². The quantitative estimate of drug-likeness (QED) is 0.842. The molecule has 1 aromatic heterocycles. The number of halogens is 1. The molecule has 0 saturated heterocycles. The third kappa shape index (κ3) is 2.70. The Labute approximate surface area is 114 Å². The summed E-state index contributed by atoms with van der Waals surface area (Å²) in [5.41, 5.74) is 0.317. The number of imidazole rings is 1. The normalized spacial score (nSPS) is 9.75. The van der Waals surface area contributed by atoms with Crippen LogP contribution in [0.25, 0.3) is 0 Å². The van der Waals surface area contributed by atoms with E-state index in [4.69, 9.17) is 10.5 Å². The standard InChI is InChI=1S/C14H9FN4O/c15-12-4-2-1-3-10(12)5-11(20)8-19-9-18-13(6-16)14(19)7-17/h1-4,9H,5,8H2. The molecule has 0 aliphatic rings. The van der Waals surface area contributed by atoms with Gasteiger partial charge in [-0.05, 0) is 11.6 Å². The van der Waals surface area contributed by atoms with Crippen LogP contribution in [-0.4, -0.2) is 15.3 Å². The van der Waals surface area contributed by atoms with Crippen molar-refractivity contribution in [2.75, 3.05) is 0 Å². The maximum Gasteiger partial charge on any atom is 0.176 e. The molecule has 0 bridgehead atoms. The first-order chi connectivity index (χ1) is 9.65. The fourth-order valence-electron chi connectivity index (χ4n) is 1.80. The van der Waals surface area contributed by atoms with Gasteiger partial charge in [-0.2, -0.15) is 10.5 Å². The Morgan fingerprint density at radius 1 is 1.30 bits per heavy atom. The molecule has 6 heteroatoms. The number of nitrogens with zero attached hydrogens (tertiary/aromatic N) is 4. The van der Waals surface area contributed by atoms with Crippen LogP contribution < -0.4 is 0 Å². The zero-order valence-electron chi connectivity index (χ0n) is 10.4. The Balaban J connectivity index is 2.14. The van der Waals surface area contributed by atoms with Gasteiger partial charge in [-0.3, -0.25) is 4.79 Å². The summed E-state index contributed by atoms with van der Waals surface area (Å²) >= 11 is 0. The van der Waals surface area contributed by atoms with Crippen molar-refractivity contribution in [1.82, 2.24) is 9.55 Å². The first kappa shape index (κ1) is 13.4. The van der Waals surface area contributed by atoms with Crippen molar-refractivity contribution in [2.45, 2.75) is 13.0 Å². The molecule has 0 radical (unpaired) electrons. The molecule has 0 unspecified atom stereocenters. The number of hydrogen-bond donors (Lipinski definition) is 0. The lowest BCUT2D eigenvalue weighted by Gasteiger charge is -2.04. The first-order valence-electron chi connectivity index (χ1n) is 5.76. The second-order valence-electron chi connectivity index (χ2n) is 4.10. The van der Waals surface area contributed by atoms with Crippen LogP contribution >= 0.6 is 0 Å². The molecule has 1 aromatic carbocycles. The Hall–Kier alpha value is -2.99. The molecule has 0 amide bonds. The molecule has 98 valence electrons. The van der Waals surface area contributed by atoms with Crippen molar-refractivity contribution in [2.24, 2.45) is 0 Å². The maximum atomic E-state index is 13.4. The fraction of sp³-hybridized carbons (Fsp3) is 0.143. The van der Waals surface area contributed by atoms with Crippen LogP contribution in [0.3, 0.4) is 0 Å². The summed E-state index contributed by atoms with van der Waals surface area (Å²) in [6.07, 6.45) is 1.19. The highest BCUT2D eigenvalue weighted by Gasteiger charge is 2.14. The summed E-state index contributed by atoms with van der Waals surface area (Å²) < 4.78 is 14.7. The Morgan fingerprint density at radius 3 is 2.70 bits per heavy atom. The van der Waals surface area contributed by atoms with Crippen molar-refractivity contribution in [1.29, 1.82) is 10.5 Å². The Bertz CT molecular complexity index is 736. The lowest BCUT2D eigenvalue weighted by molar-refractivity contribution is -0.119. The largest absolute Gasteiger partial charge is 0.314 e. The molecule has 0 N–H and O–H groups in total. The summed E-state index contributed by atoms with van der Waals surface area (Å²) in [4.78, 5) is 15.6. The van der Waals surface area contributed by atoms with E-state index in [2.05, 4.69) is 4.98 Å². The molecule has 2 rings (SSSR count). The predicted octanol–water partition coefficient (Wildman–Crippen LogP) is 1.58. The average molecular weight is 268 g/mol. The SMILES string of the molecule is N#Cc1ncn(CC(=O)Cc2ccccc2F)c1C#N. The lowest BCUT2D eigenvalue weighted by Crippen LogP contribution is -2.14. The lowest BCUT2D eigenvalue weighted by atomic mass is 10.1. The monoisotopic (exact) mass is 268 g/mol. The van der Waals surface area contributed by atoms with Crippen molar-refractivity contribution in [3.8, 4) is 12.1 Å². The minimum absolute atomic E-state index is 0.0220. The van der Waals surface area contributed by atoms with Crippen LogP contribution in [0.1, 0.15) is 17.0 Å². The van der Waals surface area contributed by atoms with E-state index in [0.29, 0.717) is 5.56 Å². The number of carbonyl (C=O) groups excluding carboxylic acids is 1. The number of carbonyl (C=O) groups is 1. The van der Waals surface area contributed by atoms with Gasteiger partial charge in [-0.25, -0.2) is 9.37 Å². The Morgan fingerprint density at radius 2 is 2.05 bits per heavy atom. The molecule has 0 aliphatic heterocycles. The third-order valence-electron chi connectivity index (χ3n) is 2.74. The topological polar surface area (TPSA) is 82.5 Å². The highest BCUT2D eigenvalue weighted by Crippen LogP contribution is 2.10. The van der Waals surface area contributed by atoms with E-state index in [1.54, 1.807) is 18.2 Å². The second kappa shape index (κ2) is 5.77. The van der Waals surface area contributed by atoms with Gasteiger partial charge in [-0.1, -0.05) is 18.2 Å². The molecule has 0 fully saturated rings. The van der Waals surface area contributed by atoms with Gasteiger partial charge in [0.25, 0.3) is 0 Å². The van der Waals surface area contributed by atoms with Gasteiger partial charge in [0.1, 0.15) is 18.0 Å². The maximum absolute atomic E-state index is 13.4. The minimum Gasteiger partial charge on any atom is -0.314 e. The highest BCUT2D eigenvalue weighted by atomic mass is 19.1. The molecule has 0 saturated carbocycles. The number of hydrogen-bond acceptors (Lipinski definition) is 4. The number of Topliss-reactive ketones (excluding diaryl/α,β-unsaturated/α-hetero) is 1. The van der Waals surface area contributed by atoms with Crippen LogP contribution in [-0.2, 0) is 17.8 Å². The fourth-order valence-corrected chi connectivity index (χ4v) is 1.80. The molecule has 20 heavy (non-hydrogen) atoms. The summed E-state index contributed by atoms with van der Waals surface area (Å²) in [5.74, 6) is -0.710. The van der Waals surface area contributed by atoms with Gasteiger partial charge >= 0.3 is 0 Å². The molecule has 0 atom stereocenters. The smallest absolute Gasteiger partial charge is 0.176 e. The molecular weight excluding hydrogens is 259 g/mol. The van der Waals surface area contributed by atoms with E-state index >= 15 is 0 Å². The molecule has 1 heterocycles. The van der Waals surface area contributed by atoms with E-state index in [1.165, 1.54) is 23.0 Å². The van der Waals surface area contributed by atoms with Crippen LogP contribution in [0.4, 0.5) is 4.39 Å². The predicted molar refractivity (Wildman–Crippen MR) is 66.8 cm³/mol. The van der Waals surface area contributed by atoms with E-state index in [0.717, 1.165) is 0 Å².